The zero-order chi connectivity index (χ0) is 14.2. The number of amides is 1. The van der Waals surface area contributed by atoms with Gasteiger partial charge in [-0.2, -0.15) is 5.10 Å². The molecule has 7 heteroatoms. The number of ether oxygens (including phenoxy) is 1. The van der Waals surface area contributed by atoms with E-state index in [2.05, 4.69) is 10.2 Å². The molecule has 2 unspecified atom stereocenters. The van der Waals surface area contributed by atoms with E-state index in [1.807, 2.05) is 0 Å². The smallest absolute Gasteiger partial charge is 0.326 e. The standard InChI is InChI=1S/C12H17N3O4/c1-6-10(7(2)14-13-6)11(16)15-5-8(19-3)4-9(15)12(17)18/h8-9H,4-5H2,1-3H3,(H,13,14)(H,17,18). The Morgan fingerprint density at radius 2 is 2.16 bits per heavy atom. The second-order valence-corrected chi connectivity index (χ2v) is 4.71. The molecule has 0 aliphatic carbocycles. The second kappa shape index (κ2) is 5.00. The van der Waals surface area contributed by atoms with Crippen LogP contribution in [0.15, 0.2) is 0 Å². The third kappa shape index (κ3) is 2.33. The van der Waals surface area contributed by atoms with Gasteiger partial charge in [-0.05, 0) is 13.8 Å². The molecule has 1 aromatic heterocycles. The van der Waals surface area contributed by atoms with Crippen molar-refractivity contribution in [3.63, 3.8) is 0 Å². The van der Waals surface area contributed by atoms with E-state index in [4.69, 9.17) is 4.74 Å². The predicted molar refractivity (Wildman–Crippen MR) is 65.9 cm³/mol. The first-order valence-corrected chi connectivity index (χ1v) is 6.03. The molecule has 104 valence electrons. The van der Waals surface area contributed by atoms with Gasteiger partial charge < -0.3 is 14.7 Å². The first-order valence-electron chi connectivity index (χ1n) is 6.03. The van der Waals surface area contributed by atoms with Gasteiger partial charge in [0.1, 0.15) is 6.04 Å². The Balaban J connectivity index is 2.29. The number of carboxylic acids is 1. The van der Waals surface area contributed by atoms with Crippen LogP contribution < -0.4 is 0 Å². The van der Waals surface area contributed by atoms with Crippen LogP contribution in [0, 0.1) is 13.8 Å². The lowest BCUT2D eigenvalue weighted by molar-refractivity contribution is -0.141. The minimum absolute atomic E-state index is 0.238. The van der Waals surface area contributed by atoms with Crippen molar-refractivity contribution in [3.05, 3.63) is 17.0 Å². The van der Waals surface area contributed by atoms with Crippen molar-refractivity contribution in [3.8, 4) is 0 Å². The number of carboxylic acid groups (broad SMARTS) is 1. The molecule has 1 aromatic rings. The number of aromatic amines is 1. The van der Waals surface area contributed by atoms with E-state index in [0.29, 0.717) is 23.4 Å². The van der Waals surface area contributed by atoms with Crippen LogP contribution in [0.25, 0.3) is 0 Å². The SMILES string of the molecule is COC1CC(C(=O)O)N(C(=O)c2c(C)n[nH]c2C)C1. The monoisotopic (exact) mass is 267 g/mol. The summed E-state index contributed by atoms with van der Waals surface area (Å²) in [6.45, 7) is 3.75. The van der Waals surface area contributed by atoms with Gasteiger partial charge in [0, 0.05) is 25.8 Å². The van der Waals surface area contributed by atoms with Gasteiger partial charge in [-0.1, -0.05) is 0 Å². The van der Waals surface area contributed by atoms with Gasteiger partial charge >= 0.3 is 5.97 Å². The molecule has 1 saturated heterocycles. The summed E-state index contributed by atoms with van der Waals surface area (Å²) in [5, 5.41) is 15.9. The molecule has 0 radical (unpaired) electrons. The fourth-order valence-electron chi connectivity index (χ4n) is 2.44. The quantitative estimate of drug-likeness (QED) is 0.823. The molecule has 2 heterocycles. The number of hydrogen-bond acceptors (Lipinski definition) is 4. The summed E-state index contributed by atoms with van der Waals surface area (Å²) in [7, 11) is 1.52. The molecule has 1 aliphatic rings. The van der Waals surface area contributed by atoms with E-state index in [9.17, 15) is 14.7 Å². The van der Waals surface area contributed by atoms with Crippen molar-refractivity contribution in [2.75, 3.05) is 13.7 Å². The molecule has 0 saturated carbocycles. The summed E-state index contributed by atoms with van der Waals surface area (Å²) in [5.41, 5.74) is 1.67. The molecule has 1 aliphatic heterocycles. The largest absolute Gasteiger partial charge is 0.480 e. The molecule has 0 aromatic carbocycles. The van der Waals surface area contributed by atoms with Crippen LogP contribution in [0.4, 0.5) is 0 Å². The summed E-state index contributed by atoms with van der Waals surface area (Å²) in [4.78, 5) is 25.1. The van der Waals surface area contributed by atoms with Crippen LogP contribution in [0.1, 0.15) is 28.2 Å². The summed E-state index contributed by atoms with van der Waals surface area (Å²) >= 11 is 0. The summed E-state index contributed by atoms with van der Waals surface area (Å²) in [5.74, 6) is -1.32. The van der Waals surface area contributed by atoms with E-state index in [-0.39, 0.29) is 18.6 Å². The number of aliphatic carboxylic acids is 1. The lowest BCUT2D eigenvalue weighted by atomic mass is 10.1. The normalized spacial score (nSPS) is 22.8. The van der Waals surface area contributed by atoms with Crippen molar-refractivity contribution in [1.29, 1.82) is 0 Å². The summed E-state index contributed by atoms with van der Waals surface area (Å²) < 4.78 is 5.17. The molecular formula is C12H17N3O4. The van der Waals surface area contributed by atoms with Gasteiger partial charge in [-0.3, -0.25) is 9.89 Å². The highest BCUT2D eigenvalue weighted by molar-refractivity contribution is 5.98. The Bertz CT molecular complexity index is 492. The lowest BCUT2D eigenvalue weighted by Crippen LogP contribution is -2.41. The summed E-state index contributed by atoms with van der Waals surface area (Å²) in [6, 6.07) is -0.842. The molecule has 2 N–H and O–H groups in total. The molecule has 2 rings (SSSR count). The predicted octanol–water partition coefficient (Wildman–Crippen LogP) is 0.341. The fourth-order valence-corrected chi connectivity index (χ4v) is 2.44. The number of nitrogens with one attached hydrogen (secondary N) is 1. The van der Waals surface area contributed by atoms with Crippen molar-refractivity contribution in [2.24, 2.45) is 0 Å². The van der Waals surface area contributed by atoms with Crippen LogP contribution in [0.5, 0.6) is 0 Å². The first kappa shape index (κ1) is 13.5. The maximum atomic E-state index is 12.5. The van der Waals surface area contributed by atoms with E-state index < -0.39 is 12.0 Å². The average Bonchev–Trinajstić information content (AvgIpc) is 2.93. The highest BCUT2D eigenvalue weighted by Gasteiger charge is 2.41. The molecule has 1 fully saturated rings. The first-order chi connectivity index (χ1) is 8.95. The number of H-pyrrole nitrogens is 1. The zero-order valence-corrected chi connectivity index (χ0v) is 11.1. The molecule has 1 amide bonds. The van der Waals surface area contributed by atoms with Crippen molar-refractivity contribution < 1.29 is 19.4 Å². The van der Waals surface area contributed by atoms with E-state index in [0.717, 1.165) is 0 Å². The van der Waals surface area contributed by atoms with Crippen molar-refractivity contribution in [1.82, 2.24) is 15.1 Å². The second-order valence-electron chi connectivity index (χ2n) is 4.71. The van der Waals surface area contributed by atoms with Gasteiger partial charge in [0.2, 0.25) is 0 Å². The third-order valence-electron chi connectivity index (χ3n) is 3.48. The Kier molecular flexibility index (Phi) is 3.57. The fraction of sp³-hybridized carbons (Fsp3) is 0.583. The van der Waals surface area contributed by atoms with Gasteiger partial charge in [0.15, 0.2) is 0 Å². The molecule has 19 heavy (non-hydrogen) atoms. The molecule has 0 bridgehead atoms. The van der Waals surface area contributed by atoms with Gasteiger partial charge in [-0.15, -0.1) is 0 Å². The Morgan fingerprint density at radius 1 is 1.47 bits per heavy atom. The number of nitrogens with zero attached hydrogens (tertiary/aromatic N) is 2. The number of carbonyl (C=O) groups is 2. The Morgan fingerprint density at radius 3 is 2.63 bits per heavy atom. The highest BCUT2D eigenvalue weighted by atomic mass is 16.5. The lowest BCUT2D eigenvalue weighted by Gasteiger charge is -2.21. The number of rotatable bonds is 3. The van der Waals surface area contributed by atoms with Crippen LogP contribution in [0.3, 0.4) is 0 Å². The Hall–Kier alpha value is -1.89. The van der Waals surface area contributed by atoms with Crippen LogP contribution >= 0.6 is 0 Å². The van der Waals surface area contributed by atoms with E-state index >= 15 is 0 Å². The van der Waals surface area contributed by atoms with Crippen LogP contribution in [0.2, 0.25) is 0 Å². The van der Waals surface area contributed by atoms with Crippen molar-refractivity contribution >= 4 is 11.9 Å². The minimum Gasteiger partial charge on any atom is -0.480 e. The number of carbonyl (C=O) groups excluding carboxylic acids is 1. The maximum absolute atomic E-state index is 12.5. The zero-order valence-electron chi connectivity index (χ0n) is 11.1. The molecule has 0 spiro atoms. The molecule has 7 nitrogen and oxygen atoms in total. The number of aryl methyl sites for hydroxylation is 2. The van der Waals surface area contributed by atoms with Crippen LogP contribution in [-0.4, -0.2) is 57.9 Å². The minimum atomic E-state index is -1.01. The van der Waals surface area contributed by atoms with E-state index in [1.54, 1.807) is 13.8 Å². The van der Waals surface area contributed by atoms with Gasteiger partial charge in [-0.25, -0.2) is 4.79 Å². The van der Waals surface area contributed by atoms with Gasteiger partial charge in [0.25, 0.3) is 5.91 Å². The third-order valence-corrected chi connectivity index (χ3v) is 3.48. The number of likely N-dealkylation sites (tertiary alicyclic amines) is 1. The molecular weight excluding hydrogens is 250 g/mol. The molecule has 2 atom stereocenters. The van der Waals surface area contributed by atoms with Crippen molar-refractivity contribution in [2.45, 2.75) is 32.4 Å². The topological polar surface area (TPSA) is 95.5 Å². The summed E-state index contributed by atoms with van der Waals surface area (Å²) in [6.07, 6.45) is 0.0746. The van der Waals surface area contributed by atoms with E-state index in [1.165, 1.54) is 12.0 Å². The highest BCUT2D eigenvalue weighted by Crippen LogP contribution is 2.24. The van der Waals surface area contributed by atoms with Crippen LogP contribution in [-0.2, 0) is 9.53 Å². The average molecular weight is 267 g/mol. The number of hydrogen-bond donors (Lipinski definition) is 2. The number of aromatic nitrogens is 2. The Labute approximate surface area is 110 Å². The van der Waals surface area contributed by atoms with Gasteiger partial charge in [0.05, 0.1) is 17.4 Å². The number of methoxy groups -OCH3 is 1. The maximum Gasteiger partial charge on any atom is 0.326 e.